The van der Waals surface area contributed by atoms with Gasteiger partial charge in [0, 0.05) is 17.4 Å². The van der Waals surface area contributed by atoms with Crippen LogP contribution in [0.5, 0.6) is 5.75 Å². The number of ether oxygens (including phenoxy) is 1. The second-order valence-corrected chi connectivity index (χ2v) is 7.06. The standard InChI is InChI=1S/C21H27NO/c1-17-14-18(2)16-22(15-17)12-13-23-21-11-7-6-10-20(21)19-8-4-3-5-9-19/h3-11,17-18H,12-16H2,1-2H3/p+1/t17-,18+. The number of para-hydroxylation sites is 1. The molecule has 23 heavy (non-hydrogen) atoms. The van der Waals surface area contributed by atoms with Gasteiger partial charge >= 0.3 is 0 Å². The van der Waals surface area contributed by atoms with Crippen LogP contribution in [0.25, 0.3) is 11.1 Å². The van der Waals surface area contributed by atoms with Gasteiger partial charge in [0.1, 0.15) is 18.9 Å². The number of piperidine rings is 1. The topological polar surface area (TPSA) is 13.7 Å². The molecule has 1 unspecified atom stereocenters. The molecule has 0 radical (unpaired) electrons. The first-order valence-corrected chi connectivity index (χ1v) is 8.83. The van der Waals surface area contributed by atoms with Gasteiger partial charge in [-0.15, -0.1) is 0 Å². The Kier molecular flexibility index (Phi) is 5.35. The Morgan fingerprint density at radius 3 is 2.30 bits per heavy atom. The molecule has 3 rings (SSSR count). The predicted molar refractivity (Wildman–Crippen MR) is 95.9 cm³/mol. The van der Waals surface area contributed by atoms with Crippen molar-refractivity contribution < 1.29 is 9.64 Å². The van der Waals surface area contributed by atoms with Gasteiger partial charge < -0.3 is 9.64 Å². The molecule has 2 nitrogen and oxygen atoms in total. The van der Waals surface area contributed by atoms with Crippen LogP contribution in [0.4, 0.5) is 0 Å². The van der Waals surface area contributed by atoms with E-state index in [1.54, 1.807) is 4.90 Å². The fraction of sp³-hybridized carbons (Fsp3) is 0.429. The molecule has 1 saturated heterocycles. The molecule has 0 aromatic heterocycles. The summed E-state index contributed by atoms with van der Waals surface area (Å²) in [5.41, 5.74) is 2.40. The Morgan fingerprint density at radius 1 is 0.913 bits per heavy atom. The monoisotopic (exact) mass is 310 g/mol. The number of quaternary nitrogens is 1. The minimum atomic E-state index is 0.790. The number of hydrogen-bond acceptors (Lipinski definition) is 1. The van der Waals surface area contributed by atoms with Gasteiger partial charge in [-0.1, -0.05) is 62.4 Å². The molecule has 2 aromatic rings. The minimum absolute atomic E-state index is 0.790. The van der Waals surface area contributed by atoms with E-state index >= 15 is 0 Å². The van der Waals surface area contributed by atoms with Crippen LogP contribution in [0.3, 0.4) is 0 Å². The van der Waals surface area contributed by atoms with Crippen LogP contribution >= 0.6 is 0 Å². The van der Waals surface area contributed by atoms with E-state index in [1.807, 2.05) is 0 Å². The molecule has 2 aromatic carbocycles. The Labute approximate surface area is 140 Å². The van der Waals surface area contributed by atoms with E-state index in [2.05, 4.69) is 68.4 Å². The van der Waals surface area contributed by atoms with Gasteiger partial charge in [0.15, 0.2) is 0 Å². The zero-order valence-corrected chi connectivity index (χ0v) is 14.3. The van der Waals surface area contributed by atoms with Crippen molar-refractivity contribution >= 4 is 0 Å². The molecule has 0 spiro atoms. The molecular weight excluding hydrogens is 282 g/mol. The highest BCUT2D eigenvalue weighted by molar-refractivity contribution is 5.70. The molecule has 2 heteroatoms. The Balaban J connectivity index is 1.61. The summed E-state index contributed by atoms with van der Waals surface area (Å²) >= 11 is 0. The van der Waals surface area contributed by atoms with Gasteiger partial charge in [0.25, 0.3) is 0 Å². The van der Waals surface area contributed by atoms with E-state index in [0.717, 1.165) is 30.7 Å². The van der Waals surface area contributed by atoms with Crippen LogP contribution in [0.15, 0.2) is 54.6 Å². The molecule has 1 aliphatic heterocycles. The third-order valence-corrected chi connectivity index (χ3v) is 4.76. The lowest BCUT2D eigenvalue weighted by atomic mass is 9.92. The molecule has 1 N–H and O–H groups in total. The van der Waals surface area contributed by atoms with Crippen molar-refractivity contribution in [3.63, 3.8) is 0 Å². The molecule has 3 atom stereocenters. The number of rotatable bonds is 5. The van der Waals surface area contributed by atoms with Gasteiger partial charge in [-0.3, -0.25) is 0 Å². The first-order chi connectivity index (χ1) is 11.2. The largest absolute Gasteiger partial charge is 0.487 e. The van der Waals surface area contributed by atoms with E-state index in [1.165, 1.54) is 30.6 Å². The lowest BCUT2D eigenvalue weighted by Crippen LogP contribution is -3.14. The smallest absolute Gasteiger partial charge is 0.137 e. The fourth-order valence-corrected chi connectivity index (χ4v) is 3.88. The second kappa shape index (κ2) is 7.65. The summed E-state index contributed by atoms with van der Waals surface area (Å²) in [7, 11) is 0. The highest BCUT2D eigenvalue weighted by Gasteiger charge is 2.24. The Morgan fingerprint density at radius 2 is 1.57 bits per heavy atom. The first kappa shape index (κ1) is 16.1. The SMILES string of the molecule is C[C@@H]1C[C@H](C)C[NH+](CCOc2ccccc2-c2ccccc2)C1. The molecule has 122 valence electrons. The van der Waals surface area contributed by atoms with E-state index in [-0.39, 0.29) is 0 Å². The highest BCUT2D eigenvalue weighted by Crippen LogP contribution is 2.29. The maximum absolute atomic E-state index is 6.14. The van der Waals surface area contributed by atoms with Gasteiger partial charge in [-0.25, -0.2) is 0 Å². The molecule has 1 fully saturated rings. The van der Waals surface area contributed by atoms with Crippen molar-refractivity contribution in [1.29, 1.82) is 0 Å². The van der Waals surface area contributed by atoms with Crippen LogP contribution in [-0.2, 0) is 0 Å². The van der Waals surface area contributed by atoms with E-state index in [9.17, 15) is 0 Å². The molecule has 1 aliphatic rings. The average molecular weight is 310 g/mol. The van der Waals surface area contributed by atoms with Crippen molar-refractivity contribution in [3.05, 3.63) is 54.6 Å². The number of benzene rings is 2. The summed E-state index contributed by atoms with van der Waals surface area (Å²) in [4.78, 5) is 1.69. The van der Waals surface area contributed by atoms with Gasteiger partial charge in [-0.2, -0.15) is 0 Å². The highest BCUT2D eigenvalue weighted by atomic mass is 16.5. The first-order valence-electron chi connectivity index (χ1n) is 8.83. The number of hydrogen-bond donors (Lipinski definition) is 1. The molecular formula is C21H28NO+. The van der Waals surface area contributed by atoms with Crippen LogP contribution < -0.4 is 9.64 Å². The fourth-order valence-electron chi connectivity index (χ4n) is 3.88. The average Bonchev–Trinajstić information content (AvgIpc) is 2.55. The zero-order chi connectivity index (χ0) is 16.1. The maximum atomic E-state index is 6.14. The van der Waals surface area contributed by atoms with E-state index in [4.69, 9.17) is 4.74 Å². The summed E-state index contributed by atoms with van der Waals surface area (Å²) in [5.74, 6) is 2.67. The normalized spacial score (nSPS) is 24.3. The van der Waals surface area contributed by atoms with Crippen LogP contribution in [0.1, 0.15) is 20.3 Å². The number of nitrogens with one attached hydrogen (secondary N) is 1. The lowest BCUT2D eigenvalue weighted by Gasteiger charge is -2.31. The Bertz CT molecular complexity index is 600. The molecule has 0 saturated carbocycles. The van der Waals surface area contributed by atoms with Gasteiger partial charge in [-0.05, 0) is 18.1 Å². The zero-order valence-electron chi connectivity index (χ0n) is 14.3. The lowest BCUT2D eigenvalue weighted by molar-refractivity contribution is -0.912. The van der Waals surface area contributed by atoms with Crippen molar-refractivity contribution in [2.24, 2.45) is 11.8 Å². The molecule has 0 bridgehead atoms. The molecule has 0 aliphatic carbocycles. The van der Waals surface area contributed by atoms with Crippen molar-refractivity contribution in [2.75, 3.05) is 26.2 Å². The predicted octanol–water partition coefficient (Wildman–Crippen LogP) is 3.29. The van der Waals surface area contributed by atoms with Crippen LogP contribution in [-0.4, -0.2) is 26.2 Å². The molecule has 1 heterocycles. The minimum Gasteiger partial charge on any atom is -0.487 e. The summed E-state index contributed by atoms with van der Waals surface area (Å²) in [5, 5.41) is 0. The van der Waals surface area contributed by atoms with Crippen LogP contribution in [0.2, 0.25) is 0 Å². The number of likely N-dealkylation sites (tertiary alicyclic amines) is 1. The molecule has 0 amide bonds. The summed E-state index contributed by atoms with van der Waals surface area (Å²) in [6.07, 6.45) is 1.38. The summed E-state index contributed by atoms with van der Waals surface area (Å²) < 4.78 is 6.14. The third-order valence-electron chi connectivity index (χ3n) is 4.76. The quantitative estimate of drug-likeness (QED) is 0.894. The summed E-state index contributed by atoms with van der Waals surface area (Å²) in [6.45, 7) is 9.21. The van der Waals surface area contributed by atoms with Gasteiger partial charge in [0.05, 0.1) is 13.1 Å². The third kappa shape index (κ3) is 4.35. The van der Waals surface area contributed by atoms with Crippen molar-refractivity contribution in [1.82, 2.24) is 0 Å². The van der Waals surface area contributed by atoms with E-state index in [0.29, 0.717) is 0 Å². The van der Waals surface area contributed by atoms with Crippen LogP contribution in [0, 0.1) is 11.8 Å². The Hall–Kier alpha value is -1.80. The van der Waals surface area contributed by atoms with Gasteiger partial charge in [0.2, 0.25) is 0 Å². The van der Waals surface area contributed by atoms with Crippen molar-refractivity contribution in [3.8, 4) is 16.9 Å². The summed E-state index contributed by atoms with van der Waals surface area (Å²) in [6, 6.07) is 18.8. The van der Waals surface area contributed by atoms with Crippen molar-refractivity contribution in [2.45, 2.75) is 20.3 Å². The maximum Gasteiger partial charge on any atom is 0.137 e. The van der Waals surface area contributed by atoms with E-state index < -0.39 is 0 Å². The second-order valence-electron chi connectivity index (χ2n) is 7.06.